The number of anilines is 2. The minimum Gasteiger partial charge on any atom is -0.476 e. The Hall–Kier alpha value is -1.71. The molecule has 1 unspecified atom stereocenters. The average molecular weight is 234 g/mol. The van der Waals surface area contributed by atoms with Crippen LogP contribution in [0.2, 0.25) is 0 Å². The number of aryl methyl sites for hydroxylation is 2. The first kappa shape index (κ1) is 11.8. The number of nitrogens with one attached hydrogen (secondary N) is 1. The molecule has 3 N–H and O–H groups in total. The van der Waals surface area contributed by atoms with E-state index in [1.165, 1.54) is 0 Å². The van der Waals surface area contributed by atoms with E-state index in [1.54, 1.807) is 0 Å². The Morgan fingerprint density at radius 1 is 1.35 bits per heavy atom. The number of carbonyl (C=O) groups excluding carboxylic acids is 1. The molecule has 1 aliphatic heterocycles. The van der Waals surface area contributed by atoms with Crippen molar-refractivity contribution in [3.8, 4) is 5.75 Å². The molecule has 0 aromatic heterocycles. The SMILES string of the molecule is Cc1cc(C)c2c(c1N)OC(C(C)C)C(=O)N2. The van der Waals surface area contributed by atoms with Gasteiger partial charge in [-0.15, -0.1) is 0 Å². The summed E-state index contributed by atoms with van der Waals surface area (Å²) in [4.78, 5) is 11.9. The van der Waals surface area contributed by atoms with Crippen molar-refractivity contribution < 1.29 is 9.53 Å². The van der Waals surface area contributed by atoms with Gasteiger partial charge in [-0.3, -0.25) is 4.79 Å². The third-order valence-electron chi connectivity index (χ3n) is 3.08. The zero-order chi connectivity index (χ0) is 12.7. The molecule has 4 heteroatoms. The van der Waals surface area contributed by atoms with Gasteiger partial charge in [0.05, 0.1) is 11.4 Å². The van der Waals surface area contributed by atoms with Crippen molar-refractivity contribution in [2.45, 2.75) is 33.8 Å². The van der Waals surface area contributed by atoms with E-state index in [1.807, 2.05) is 33.8 Å². The number of benzene rings is 1. The highest BCUT2D eigenvalue weighted by Crippen LogP contribution is 2.40. The van der Waals surface area contributed by atoms with Crippen molar-refractivity contribution in [3.63, 3.8) is 0 Å². The molecular weight excluding hydrogens is 216 g/mol. The second kappa shape index (κ2) is 3.95. The maximum absolute atomic E-state index is 11.9. The molecule has 0 spiro atoms. The lowest BCUT2D eigenvalue weighted by atomic mass is 10.0. The van der Waals surface area contributed by atoms with Gasteiger partial charge in [-0.05, 0) is 30.9 Å². The Morgan fingerprint density at radius 3 is 2.59 bits per heavy atom. The molecular formula is C13H18N2O2. The minimum atomic E-state index is -0.467. The molecule has 92 valence electrons. The van der Waals surface area contributed by atoms with Crippen molar-refractivity contribution >= 4 is 17.3 Å². The fraction of sp³-hybridized carbons (Fsp3) is 0.462. The molecule has 1 aromatic rings. The Morgan fingerprint density at radius 2 is 2.00 bits per heavy atom. The zero-order valence-electron chi connectivity index (χ0n) is 10.6. The maximum atomic E-state index is 11.9. The quantitative estimate of drug-likeness (QED) is 0.732. The summed E-state index contributed by atoms with van der Waals surface area (Å²) in [6, 6.07) is 1.95. The Labute approximate surface area is 101 Å². The predicted molar refractivity (Wildman–Crippen MR) is 68.2 cm³/mol. The van der Waals surface area contributed by atoms with Gasteiger partial charge in [0.2, 0.25) is 0 Å². The molecule has 0 aliphatic carbocycles. The van der Waals surface area contributed by atoms with E-state index in [4.69, 9.17) is 10.5 Å². The van der Waals surface area contributed by atoms with E-state index in [2.05, 4.69) is 5.32 Å². The fourth-order valence-electron chi connectivity index (χ4n) is 2.06. The number of fused-ring (bicyclic) bond motifs is 1. The number of hydrogen-bond acceptors (Lipinski definition) is 3. The second-order valence-corrected chi connectivity index (χ2v) is 4.90. The Kier molecular flexibility index (Phi) is 2.73. The first-order valence-electron chi connectivity index (χ1n) is 5.79. The molecule has 0 saturated carbocycles. The molecule has 1 amide bonds. The van der Waals surface area contributed by atoms with Gasteiger partial charge in [0.1, 0.15) is 0 Å². The third kappa shape index (κ3) is 1.84. The van der Waals surface area contributed by atoms with Crippen LogP contribution in [0.5, 0.6) is 5.75 Å². The van der Waals surface area contributed by atoms with Crippen LogP contribution in [0, 0.1) is 19.8 Å². The number of hydrogen-bond donors (Lipinski definition) is 2. The van der Waals surface area contributed by atoms with Crippen LogP contribution in [0.25, 0.3) is 0 Å². The molecule has 0 radical (unpaired) electrons. The van der Waals surface area contributed by atoms with Gasteiger partial charge >= 0.3 is 0 Å². The first-order chi connectivity index (χ1) is 7.91. The number of ether oxygens (including phenoxy) is 1. The summed E-state index contributed by atoms with van der Waals surface area (Å²) < 4.78 is 5.76. The van der Waals surface area contributed by atoms with E-state index in [9.17, 15) is 4.79 Å². The van der Waals surface area contributed by atoms with Crippen LogP contribution < -0.4 is 15.8 Å². The summed E-state index contributed by atoms with van der Waals surface area (Å²) in [5.41, 5.74) is 9.26. The molecule has 1 heterocycles. The van der Waals surface area contributed by atoms with E-state index in [-0.39, 0.29) is 11.8 Å². The highest BCUT2D eigenvalue weighted by atomic mass is 16.5. The first-order valence-corrected chi connectivity index (χ1v) is 5.79. The lowest BCUT2D eigenvalue weighted by Gasteiger charge is -2.30. The molecule has 0 saturated heterocycles. The highest BCUT2D eigenvalue weighted by Gasteiger charge is 2.32. The van der Waals surface area contributed by atoms with Crippen LogP contribution >= 0.6 is 0 Å². The van der Waals surface area contributed by atoms with Gasteiger partial charge in [-0.2, -0.15) is 0 Å². The molecule has 2 rings (SSSR count). The maximum Gasteiger partial charge on any atom is 0.265 e. The van der Waals surface area contributed by atoms with Crippen LogP contribution in [0.1, 0.15) is 25.0 Å². The third-order valence-corrected chi connectivity index (χ3v) is 3.08. The summed E-state index contributed by atoms with van der Waals surface area (Å²) in [5.74, 6) is 0.628. The molecule has 1 aliphatic rings. The monoisotopic (exact) mass is 234 g/mol. The van der Waals surface area contributed by atoms with Crippen LogP contribution in [0.4, 0.5) is 11.4 Å². The van der Waals surface area contributed by atoms with Crippen LogP contribution in [0.15, 0.2) is 6.07 Å². The molecule has 4 nitrogen and oxygen atoms in total. The average Bonchev–Trinajstić information content (AvgIpc) is 2.25. The van der Waals surface area contributed by atoms with E-state index in [0.29, 0.717) is 17.1 Å². The van der Waals surface area contributed by atoms with Gasteiger partial charge in [0.25, 0.3) is 5.91 Å². The van der Waals surface area contributed by atoms with Gasteiger partial charge in [0.15, 0.2) is 11.9 Å². The largest absolute Gasteiger partial charge is 0.476 e. The van der Waals surface area contributed by atoms with Crippen LogP contribution in [-0.4, -0.2) is 12.0 Å². The molecule has 0 fully saturated rings. The Balaban J connectivity index is 2.53. The fourth-order valence-corrected chi connectivity index (χ4v) is 2.06. The summed E-state index contributed by atoms with van der Waals surface area (Å²) in [6.07, 6.45) is -0.467. The molecule has 1 aromatic carbocycles. The van der Waals surface area contributed by atoms with Crippen molar-refractivity contribution in [3.05, 3.63) is 17.2 Å². The number of amides is 1. The smallest absolute Gasteiger partial charge is 0.265 e. The Bertz CT molecular complexity index is 481. The summed E-state index contributed by atoms with van der Waals surface area (Å²) in [6.45, 7) is 7.78. The van der Waals surface area contributed by atoms with Crippen molar-refractivity contribution in [2.24, 2.45) is 5.92 Å². The van der Waals surface area contributed by atoms with E-state index in [0.717, 1.165) is 11.1 Å². The van der Waals surface area contributed by atoms with Gasteiger partial charge in [0, 0.05) is 0 Å². The highest BCUT2D eigenvalue weighted by molar-refractivity contribution is 6.00. The summed E-state index contributed by atoms with van der Waals surface area (Å²) in [5, 5.41) is 2.88. The minimum absolute atomic E-state index is 0.0983. The lowest BCUT2D eigenvalue weighted by molar-refractivity contribution is -0.125. The summed E-state index contributed by atoms with van der Waals surface area (Å²) in [7, 11) is 0. The lowest BCUT2D eigenvalue weighted by Crippen LogP contribution is -2.41. The number of carbonyl (C=O) groups is 1. The predicted octanol–water partition coefficient (Wildman–Crippen LogP) is 2.24. The van der Waals surface area contributed by atoms with Gasteiger partial charge in [-0.1, -0.05) is 19.9 Å². The molecule has 1 atom stereocenters. The van der Waals surface area contributed by atoms with Gasteiger partial charge in [-0.25, -0.2) is 0 Å². The number of rotatable bonds is 1. The van der Waals surface area contributed by atoms with Gasteiger partial charge < -0.3 is 15.8 Å². The normalized spacial score (nSPS) is 18.6. The molecule has 0 bridgehead atoms. The van der Waals surface area contributed by atoms with Crippen LogP contribution in [0.3, 0.4) is 0 Å². The number of nitrogen functional groups attached to an aromatic ring is 1. The standard InChI is InChI=1S/C13H18N2O2/c1-6(2)11-13(16)15-10-8(4)5-7(3)9(14)12(10)17-11/h5-6,11H,14H2,1-4H3,(H,15,16). The van der Waals surface area contributed by atoms with E-state index < -0.39 is 6.10 Å². The second-order valence-electron chi connectivity index (χ2n) is 4.90. The van der Waals surface area contributed by atoms with Crippen LogP contribution in [-0.2, 0) is 4.79 Å². The summed E-state index contributed by atoms with van der Waals surface area (Å²) >= 11 is 0. The van der Waals surface area contributed by atoms with Crippen molar-refractivity contribution in [1.29, 1.82) is 0 Å². The van der Waals surface area contributed by atoms with Crippen molar-refractivity contribution in [1.82, 2.24) is 0 Å². The molecule has 17 heavy (non-hydrogen) atoms. The zero-order valence-corrected chi connectivity index (χ0v) is 10.6. The van der Waals surface area contributed by atoms with Crippen molar-refractivity contribution in [2.75, 3.05) is 11.1 Å². The topological polar surface area (TPSA) is 64.3 Å². The number of nitrogens with two attached hydrogens (primary N) is 1. The van der Waals surface area contributed by atoms with E-state index >= 15 is 0 Å².